The number of hydrogen-bond acceptors (Lipinski definition) is 2. The lowest BCUT2D eigenvalue weighted by molar-refractivity contribution is 0.238. The zero-order valence-corrected chi connectivity index (χ0v) is 14.4. The van der Waals surface area contributed by atoms with Crippen LogP contribution >= 0.6 is 11.6 Å². The van der Waals surface area contributed by atoms with E-state index in [1.165, 1.54) is 48.1 Å². The van der Waals surface area contributed by atoms with Crippen LogP contribution in [0.3, 0.4) is 0 Å². The quantitative estimate of drug-likeness (QED) is 0.910. The Kier molecular flexibility index (Phi) is 5.07. The van der Waals surface area contributed by atoms with Gasteiger partial charge >= 0.3 is 0 Å². The zero-order valence-electron chi connectivity index (χ0n) is 13.7. The van der Waals surface area contributed by atoms with Gasteiger partial charge in [-0.15, -0.1) is 0 Å². The van der Waals surface area contributed by atoms with Gasteiger partial charge in [0.05, 0.1) is 0 Å². The fourth-order valence-corrected chi connectivity index (χ4v) is 3.54. The molecule has 3 nitrogen and oxygen atoms in total. The van der Waals surface area contributed by atoms with Crippen molar-refractivity contribution < 1.29 is 0 Å². The normalized spacial score (nSPS) is 16.5. The highest BCUT2D eigenvalue weighted by Crippen LogP contribution is 2.28. The van der Waals surface area contributed by atoms with Crippen molar-refractivity contribution >= 4 is 22.5 Å². The van der Waals surface area contributed by atoms with Gasteiger partial charge in [0.2, 0.25) is 0 Å². The van der Waals surface area contributed by atoms with E-state index >= 15 is 0 Å². The summed E-state index contributed by atoms with van der Waals surface area (Å²) < 4.78 is 2.32. The molecule has 2 aromatic rings. The van der Waals surface area contributed by atoms with Crippen molar-refractivity contribution in [2.75, 3.05) is 32.7 Å². The predicted molar refractivity (Wildman–Crippen MR) is 95.0 cm³/mol. The summed E-state index contributed by atoms with van der Waals surface area (Å²) in [7, 11) is 0. The summed E-state index contributed by atoms with van der Waals surface area (Å²) in [5.41, 5.74) is 3.91. The Morgan fingerprint density at radius 2 is 2.00 bits per heavy atom. The van der Waals surface area contributed by atoms with Crippen molar-refractivity contribution in [3.05, 3.63) is 34.5 Å². The molecular formula is C18H26ClN3. The SMILES string of the molecule is CCn1cc(CCCN2CCNCC2)c2cc(C)c(Cl)cc21. The molecule has 1 fully saturated rings. The van der Waals surface area contributed by atoms with Crippen molar-refractivity contribution in [1.82, 2.24) is 14.8 Å². The van der Waals surface area contributed by atoms with Crippen molar-refractivity contribution in [2.45, 2.75) is 33.2 Å². The smallest absolute Gasteiger partial charge is 0.0498 e. The molecule has 0 aliphatic carbocycles. The lowest BCUT2D eigenvalue weighted by Gasteiger charge is -2.26. The average molecular weight is 320 g/mol. The van der Waals surface area contributed by atoms with Crippen LogP contribution in [0.15, 0.2) is 18.3 Å². The zero-order chi connectivity index (χ0) is 15.5. The Morgan fingerprint density at radius 3 is 2.73 bits per heavy atom. The molecule has 4 heteroatoms. The fraction of sp³-hybridized carbons (Fsp3) is 0.556. The van der Waals surface area contributed by atoms with Gasteiger partial charge in [0, 0.05) is 54.8 Å². The van der Waals surface area contributed by atoms with Gasteiger partial charge in [0.25, 0.3) is 0 Å². The summed E-state index contributed by atoms with van der Waals surface area (Å²) in [5.74, 6) is 0. The van der Waals surface area contributed by atoms with E-state index in [4.69, 9.17) is 11.6 Å². The summed E-state index contributed by atoms with van der Waals surface area (Å²) in [6.07, 6.45) is 4.69. The second-order valence-corrected chi connectivity index (χ2v) is 6.66. The average Bonchev–Trinajstić information content (AvgIpc) is 2.86. The molecule has 1 aromatic heterocycles. The Balaban J connectivity index is 1.74. The molecule has 0 unspecified atom stereocenters. The van der Waals surface area contributed by atoms with Gasteiger partial charge in [0.1, 0.15) is 0 Å². The molecule has 3 rings (SSSR count). The maximum atomic E-state index is 6.31. The standard InChI is InChI=1S/C18H26ClN3/c1-3-22-13-15(5-4-8-21-9-6-20-7-10-21)16-11-14(2)17(19)12-18(16)22/h11-13,20H,3-10H2,1-2H3. The largest absolute Gasteiger partial charge is 0.347 e. The molecule has 0 spiro atoms. The maximum Gasteiger partial charge on any atom is 0.0498 e. The van der Waals surface area contributed by atoms with Crippen LogP contribution in [0.25, 0.3) is 10.9 Å². The first-order valence-electron chi connectivity index (χ1n) is 8.40. The highest BCUT2D eigenvalue weighted by Gasteiger charge is 2.12. The second kappa shape index (κ2) is 7.03. The van der Waals surface area contributed by atoms with Crippen LogP contribution in [0.1, 0.15) is 24.5 Å². The third kappa shape index (κ3) is 3.32. The molecule has 22 heavy (non-hydrogen) atoms. The number of benzene rings is 1. The molecule has 120 valence electrons. The van der Waals surface area contributed by atoms with Gasteiger partial charge in [-0.05, 0) is 56.5 Å². The lowest BCUT2D eigenvalue weighted by atomic mass is 10.1. The van der Waals surface area contributed by atoms with Crippen molar-refractivity contribution in [2.24, 2.45) is 0 Å². The monoisotopic (exact) mass is 319 g/mol. The number of nitrogens with zero attached hydrogens (tertiary/aromatic N) is 2. The van der Waals surface area contributed by atoms with Crippen molar-refractivity contribution in [3.8, 4) is 0 Å². The summed E-state index contributed by atoms with van der Waals surface area (Å²) in [6, 6.07) is 4.37. The second-order valence-electron chi connectivity index (χ2n) is 6.25. The van der Waals surface area contributed by atoms with Crippen LogP contribution in [0.5, 0.6) is 0 Å². The van der Waals surface area contributed by atoms with E-state index in [-0.39, 0.29) is 0 Å². The molecule has 0 bridgehead atoms. The summed E-state index contributed by atoms with van der Waals surface area (Å²) in [4.78, 5) is 2.57. The number of hydrogen-bond donors (Lipinski definition) is 1. The topological polar surface area (TPSA) is 20.2 Å². The molecule has 1 aromatic carbocycles. The number of aryl methyl sites for hydroxylation is 3. The van der Waals surface area contributed by atoms with Crippen LogP contribution in [0.4, 0.5) is 0 Å². The van der Waals surface area contributed by atoms with Crippen LogP contribution in [0, 0.1) is 6.92 Å². The number of piperazine rings is 1. The Hall–Kier alpha value is -1.03. The fourth-order valence-electron chi connectivity index (χ4n) is 3.38. The molecule has 1 N–H and O–H groups in total. The van der Waals surface area contributed by atoms with E-state index in [2.05, 4.69) is 47.0 Å². The number of halogens is 1. The van der Waals surface area contributed by atoms with Crippen molar-refractivity contribution in [3.63, 3.8) is 0 Å². The van der Waals surface area contributed by atoms with Gasteiger partial charge in [-0.3, -0.25) is 0 Å². The summed E-state index contributed by atoms with van der Waals surface area (Å²) in [5, 5.41) is 5.66. The summed E-state index contributed by atoms with van der Waals surface area (Å²) >= 11 is 6.31. The molecule has 0 atom stereocenters. The minimum Gasteiger partial charge on any atom is -0.347 e. The maximum absolute atomic E-state index is 6.31. The highest BCUT2D eigenvalue weighted by atomic mass is 35.5. The molecule has 1 saturated heterocycles. The third-order valence-corrected chi connectivity index (χ3v) is 5.12. The molecular weight excluding hydrogens is 294 g/mol. The number of fused-ring (bicyclic) bond motifs is 1. The number of nitrogens with one attached hydrogen (secondary N) is 1. The first-order valence-corrected chi connectivity index (χ1v) is 8.77. The van der Waals surface area contributed by atoms with E-state index in [0.717, 1.165) is 31.1 Å². The van der Waals surface area contributed by atoms with E-state index < -0.39 is 0 Å². The van der Waals surface area contributed by atoms with E-state index in [0.29, 0.717) is 0 Å². The van der Waals surface area contributed by atoms with Gasteiger partial charge in [-0.2, -0.15) is 0 Å². The van der Waals surface area contributed by atoms with Crippen LogP contribution < -0.4 is 5.32 Å². The van der Waals surface area contributed by atoms with Gasteiger partial charge in [0.15, 0.2) is 0 Å². The van der Waals surface area contributed by atoms with Crippen molar-refractivity contribution in [1.29, 1.82) is 0 Å². The first kappa shape index (κ1) is 15.9. The van der Waals surface area contributed by atoms with Gasteiger partial charge in [-0.25, -0.2) is 0 Å². The molecule has 2 heterocycles. The van der Waals surface area contributed by atoms with Gasteiger partial charge in [-0.1, -0.05) is 11.6 Å². The molecule has 0 amide bonds. The number of rotatable bonds is 5. The van der Waals surface area contributed by atoms with Crippen LogP contribution in [-0.2, 0) is 13.0 Å². The Bertz CT molecular complexity index is 641. The molecule has 1 aliphatic rings. The van der Waals surface area contributed by atoms with E-state index in [9.17, 15) is 0 Å². The minimum atomic E-state index is 0.868. The van der Waals surface area contributed by atoms with Gasteiger partial charge < -0.3 is 14.8 Å². The number of aromatic nitrogens is 1. The van der Waals surface area contributed by atoms with E-state index in [1.807, 2.05) is 0 Å². The lowest BCUT2D eigenvalue weighted by Crippen LogP contribution is -2.43. The molecule has 0 radical (unpaired) electrons. The highest BCUT2D eigenvalue weighted by molar-refractivity contribution is 6.32. The first-order chi connectivity index (χ1) is 10.7. The molecule has 0 saturated carbocycles. The minimum absolute atomic E-state index is 0.868. The van der Waals surface area contributed by atoms with Crippen LogP contribution in [0.2, 0.25) is 5.02 Å². The third-order valence-electron chi connectivity index (χ3n) is 4.71. The summed E-state index contributed by atoms with van der Waals surface area (Å²) in [6.45, 7) is 11.1. The molecule has 1 aliphatic heterocycles. The van der Waals surface area contributed by atoms with Crippen LogP contribution in [-0.4, -0.2) is 42.2 Å². The van der Waals surface area contributed by atoms with E-state index in [1.54, 1.807) is 0 Å². The Morgan fingerprint density at radius 1 is 1.23 bits per heavy atom. The Labute approximate surface area is 138 Å². The predicted octanol–water partition coefficient (Wildman–Crippen LogP) is 3.46.